The zero-order valence-corrected chi connectivity index (χ0v) is 25.8. The summed E-state index contributed by atoms with van der Waals surface area (Å²) < 4.78 is 4.65. The van der Waals surface area contributed by atoms with Crippen molar-refractivity contribution in [2.45, 2.75) is 0 Å². The van der Waals surface area contributed by atoms with E-state index in [2.05, 4.69) is 148 Å². The van der Waals surface area contributed by atoms with Crippen LogP contribution in [0.15, 0.2) is 164 Å². The quantitative estimate of drug-likeness (QED) is 0.198. The van der Waals surface area contributed by atoms with Crippen molar-refractivity contribution in [1.82, 2.24) is 23.9 Å². The summed E-state index contributed by atoms with van der Waals surface area (Å²) in [6.07, 6.45) is 5.82. The van der Waals surface area contributed by atoms with Crippen molar-refractivity contribution in [3.8, 4) is 39.3 Å². The van der Waals surface area contributed by atoms with E-state index in [9.17, 15) is 0 Å². The molecule has 0 fully saturated rings. The van der Waals surface area contributed by atoms with Gasteiger partial charge in [-0.05, 0) is 53.6 Å². The molecule has 0 aliphatic rings. The summed E-state index contributed by atoms with van der Waals surface area (Å²) in [6.45, 7) is 0. The monoisotopic (exact) mass is 613 g/mol. The van der Waals surface area contributed by atoms with E-state index in [0.29, 0.717) is 5.82 Å². The molecule has 0 spiro atoms. The summed E-state index contributed by atoms with van der Waals surface area (Å²) in [7, 11) is 0. The highest BCUT2D eigenvalue weighted by atomic mass is 15.0. The molecule has 0 bridgehead atoms. The van der Waals surface area contributed by atoms with E-state index in [0.717, 1.165) is 44.5 Å². The zero-order chi connectivity index (χ0) is 31.6. The van der Waals surface area contributed by atoms with E-state index < -0.39 is 0 Å². The van der Waals surface area contributed by atoms with Crippen LogP contribution >= 0.6 is 0 Å². The minimum atomic E-state index is 0.700. The van der Waals surface area contributed by atoms with Gasteiger partial charge in [0.05, 0.1) is 39.3 Å². The number of benzene rings is 6. The SMILES string of the molecule is c1ccc2c(c1)ncc1c(-c3ccc(-c4ncc(-c5ccc(-n6c7ccccc7c7ccccc76)cc5)cn4)cc3)c3ccccc3n12. The predicted octanol–water partition coefficient (Wildman–Crippen LogP) is 10.5. The van der Waals surface area contributed by atoms with E-state index in [1.807, 2.05) is 24.7 Å². The third-order valence-corrected chi connectivity index (χ3v) is 9.48. The number of nitrogens with zero attached hydrogens (tertiary/aromatic N) is 5. The Hall–Kier alpha value is -6.59. The lowest BCUT2D eigenvalue weighted by Crippen LogP contribution is -1.94. The second kappa shape index (κ2) is 10.5. The van der Waals surface area contributed by atoms with E-state index >= 15 is 0 Å². The molecule has 0 N–H and O–H groups in total. The molecule has 0 amide bonds. The highest BCUT2D eigenvalue weighted by Crippen LogP contribution is 2.38. The number of hydrogen-bond acceptors (Lipinski definition) is 3. The molecule has 5 heteroatoms. The molecule has 0 saturated heterocycles. The van der Waals surface area contributed by atoms with Crippen LogP contribution in [0.2, 0.25) is 0 Å². The molecule has 48 heavy (non-hydrogen) atoms. The van der Waals surface area contributed by atoms with Gasteiger partial charge in [0, 0.05) is 50.9 Å². The largest absolute Gasteiger partial charge is 0.309 e. The molecule has 0 aliphatic carbocycles. The Morgan fingerprint density at radius 2 is 0.896 bits per heavy atom. The van der Waals surface area contributed by atoms with Gasteiger partial charge in [-0.25, -0.2) is 9.97 Å². The molecule has 0 saturated carbocycles. The summed E-state index contributed by atoms with van der Waals surface area (Å²) in [4.78, 5) is 14.3. The maximum absolute atomic E-state index is 4.79. The average molecular weight is 614 g/mol. The minimum absolute atomic E-state index is 0.700. The van der Waals surface area contributed by atoms with Gasteiger partial charge in [-0.3, -0.25) is 4.98 Å². The van der Waals surface area contributed by atoms with Crippen LogP contribution in [0.25, 0.3) is 88.6 Å². The molecule has 10 rings (SSSR count). The highest BCUT2D eigenvalue weighted by molar-refractivity contribution is 6.09. The van der Waals surface area contributed by atoms with E-state index in [1.165, 1.54) is 38.3 Å². The van der Waals surface area contributed by atoms with Gasteiger partial charge < -0.3 is 8.97 Å². The van der Waals surface area contributed by atoms with Crippen molar-refractivity contribution >= 4 is 49.3 Å². The van der Waals surface area contributed by atoms with Gasteiger partial charge >= 0.3 is 0 Å². The Kier molecular flexibility index (Phi) is 5.81. The standard InChI is InChI=1S/C43H27N5/c1-5-13-37-33(9-1)34-10-2-6-14-38(34)47(37)32-23-21-28(22-24-32)31-25-45-43(46-26-31)30-19-17-29(18-20-30)42-35-11-3-7-15-39(35)48-40-16-8-4-12-36(40)44-27-41(42)48/h1-27H. The number of hydrogen-bond donors (Lipinski definition) is 0. The molecule has 4 heterocycles. The van der Waals surface area contributed by atoms with Gasteiger partial charge in [0.2, 0.25) is 0 Å². The maximum atomic E-state index is 4.79. The molecule has 0 radical (unpaired) electrons. The van der Waals surface area contributed by atoms with Gasteiger partial charge in [-0.15, -0.1) is 0 Å². The summed E-state index contributed by atoms with van der Waals surface area (Å²) in [5.74, 6) is 0.700. The Morgan fingerprint density at radius 3 is 1.58 bits per heavy atom. The first-order valence-electron chi connectivity index (χ1n) is 16.1. The van der Waals surface area contributed by atoms with Gasteiger partial charge in [-0.1, -0.05) is 103 Å². The molecular formula is C43H27N5. The van der Waals surface area contributed by atoms with Crippen LogP contribution in [0, 0.1) is 0 Å². The zero-order valence-electron chi connectivity index (χ0n) is 25.8. The summed E-state index contributed by atoms with van der Waals surface area (Å²) >= 11 is 0. The van der Waals surface area contributed by atoms with E-state index in [4.69, 9.17) is 15.0 Å². The normalized spacial score (nSPS) is 11.8. The number of aromatic nitrogens is 5. The average Bonchev–Trinajstić information content (AvgIpc) is 3.68. The van der Waals surface area contributed by atoms with Gasteiger partial charge in [-0.2, -0.15) is 0 Å². The van der Waals surface area contributed by atoms with Crippen LogP contribution < -0.4 is 0 Å². The van der Waals surface area contributed by atoms with Crippen molar-refractivity contribution in [3.05, 3.63) is 164 Å². The molecule has 10 aromatic rings. The molecule has 5 nitrogen and oxygen atoms in total. The Morgan fingerprint density at radius 1 is 0.354 bits per heavy atom. The van der Waals surface area contributed by atoms with Gasteiger partial charge in [0.15, 0.2) is 5.82 Å². The number of rotatable bonds is 4. The Bertz CT molecular complexity index is 2750. The Labute approximate surface area is 276 Å². The van der Waals surface area contributed by atoms with Crippen molar-refractivity contribution in [2.24, 2.45) is 0 Å². The Balaban J connectivity index is 0.970. The molecule has 0 atom stereocenters. The summed E-state index contributed by atoms with van der Waals surface area (Å²) in [5, 5.41) is 3.72. The third-order valence-electron chi connectivity index (χ3n) is 9.48. The second-order valence-electron chi connectivity index (χ2n) is 12.1. The first kappa shape index (κ1) is 26.6. The molecule has 0 unspecified atom stereocenters. The van der Waals surface area contributed by atoms with Gasteiger partial charge in [0.25, 0.3) is 0 Å². The number of para-hydroxylation sites is 5. The lowest BCUT2D eigenvalue weighted by molar-refractivity contribution is 1.17. The predicted molar refractivity (Wildman–Crippen MR) is 196 cm³/mol. The summed E-state index contributed by atoms with van der Waals surface area (Å²) in [5.41, 5.74) is 13.2. The van der Waals surface area contributed by atoms with E-state index in [-0.39, 0.29) is 0 Å². The first-order valence-corrected chi connectivity index (χ1v) is 16.1. The van der Waals surface area contributed by atoms with Crippen LogP contribution in [0.5, 0.6) is 0 Å². The fourth-order valence-electron chi connectivity index (χ4n) is 7.25. The van der Waals surface area contributed by atoms with Crippen LogP contribution in [0.3, 0.4) is 0 Å². The van der Waals surface area contributed by atoms with Crippen molar-refractivity contribution in [3.63, 3.8) is 0 Å². The smallest absolute Gasteiger partial charge is 0.159 e. The van der Waals surface area contributed by atoms with Crippen LogP contribution in [0.1, 0.15) is 0 Å². The maximum Gasteiger partial charge on any atom is 0.159 e. The topological polar surface area (TPSA) is 48.0 Å². The lowest BCUT2D eigenvalue weighted by atomic mass is 10.0. The molecule has 4 aromatic heterocycles. The molecule has 0 aliphatic heterocycles. The van der Waals surface area contributed by atoms with Crippen LogP contribution in [-0.4, -0.2) is 23.9 Å². The fourth-order valence-corrected chi connectivity index (χ4v) is 7.25. The first-order chi connectivity index (χ1) is 23.8. The number of fused-ring (bicyclic) bond motifs is 8. The minimum Gasteiger partial charge on any atom is -0.309 e. The van der Waals surface area contributed by atoms with Crippen molar-refractivity contribution < 1.29 is 0 Å². The fraction of sp³-hybridized carbons (Fsp3) is 0. The molecular weight excluding hydrogens is 587 g/mol. The van der Waals surface area contributed by atoms with Crippen molar-refractivity contribution in [2.75, 3.05) is 0 Å². The highest BCUT2D eigenvalue weighted by Gasteiger charge is 2.16. The van der Waals surface area contributed by atoms with Crippen LogP contribution in [0.4, 0.5) is 0 Å². The lowest BCUT2D eigenvalue weighted by Gasteiger charge is -2.09. The van der Waals surface area contributed by atoms with Crippen LogP contribution in [-0.2, 0) is 0 Å². The van der Waals surface area contributed by atoms with Gasteiger partial charge in [0.1, 0.15) is 0 Å². The molecule has 224 valence electrons. The third kappa shape index (κ3) is 4.01. The molecule has 6 aromatic carbocycles. The summed E-state index contributed by atoms with van der Waals surface area (Å²) in [6, 6.07) is 51.2. The van der Waals surface area contributed by atoms with E-state index in [1.54, 1.807) is 0 Å². The second-order valence-corrected chi connectivity index (χ2v) is 12.1. The van der Waals surface area contributed by atoms with Crippen molar-refractivity contribution in [1.29, 1.82) is 0 Å².